The molecule has 0 radical (unpaired) electrons. The maximum Gasteiger partial charge on any atom is 0.274 e. The molecule has 1 saturated heterocycles. The Hall–Kier alpha value is -2.80. The molecule has 7 heteroatoms. The van der Waals surface area contributed by atoms with Crippen LogP contribution >= 0.6 is 0 Å². The highest BCUT2D eigenvalue weighted by atomic mass is 16.5. The van der Waals surface area contributed by atoms with Crippen molar-refractivity contribution in [1.29, 1.82) is 0 Å². The predicted molar refractivity (Wildman–Crippen MR) is 103 cm³/mol. The summed E-state index contributed by atoms with van der Waals surface area (Å²) < 4.78 is 13.2. The Morgan fingerprint density at radius 1 is 1.14 bits per heavy atom. The van der Waals surface area contributed by atoms with Crippen LogP contribution in [0.25, 0.3) is 0 Å². The van der Waals surface area contributed by atoms with Crippen LogP contribution in [-0.2, 0) is 11.8 Å². The summed E-state index contributed by atoms with van der Waals surface area (Å²) in [5.74, 6) is 0.887. The van der Waals surface area contributed by atoms with Gasteiger partial charge in [-0.2, -0.15) is 0 Å². The molecule has 1 fully saturated rings. The standard InChI is InChI=1S/C21H25N3O4/c1-23-9-2-6-17(23)21(26)22-20(25)14-24-10-3-5-16(24)15-7-8-18-19(13-15)28-12-4-11-27-18/h2,6-9,13,16H,3-5,10-12,14H2,1H3,(H,22,25,26)/t16-/m0/s1. The van der Waals surface area contributed by atoms with Crippen molar-refractivity contribution in [2.75, 3.05) is 26.3 Å². The number of likely N-dealkylation sites (tertiary alicyclic amines) is 1. The van der Waals surface area contributed by atoms with E-state index < -0.39 is 0 Å². The Kier molecular flexibility index (Phi) is 5.34. The first-order valence-corrected chi connectivity index (χ1v) is 9.71. The first kappa shape index (κ1) is 18.6. The number of amides is 2. The highest BCUT2D eigenvalue weighted by molar-refractivity contribution is 6.04. The molecule has 148 valence electrons. The summed E-state index contributed by atoms with van der Waals surface area (Å²) in [5, 5.41) is 2.50. The van der Waals surface area contributed by atoms with E-state index in [0.29, 0.717) is 18.9 Å². The van der Waals surface area contributed by atoms with Crippen molar-refractivity contribution in [1.82, 2.24) is 14.8 Å². The summed E-state index contributed by atoms with van der Waals surface area (Å²) in [6.45, 7) is 2.33. The maximum atomic E-state index is 12.4. The number of nitrogens with one attached hydrogen (secondary N) is 1. The van der Waals surface area contributed by atoms with Crippen LogP contribution in [0.2, 0.25) is 0 Å². The zero-order chi connectivity index (χ0) is 19.5. The average molecular weight is 383 g/mol. The van der Waals surface area contributed by atoms with Gasteiger partial charge >= 0.3 is 0 Å². The molecule has 1 N–H and O–H groups in total. The number of carbonyl (C=O) groups is 2. The second kappa shape index (κ2) is 8.06. The van der Waals surface area contributed by atoms with Gasteiger partial charge in [0.1, 0.15) is 5.69 Å². The van der Waals surface area contributed by atoms with Crippen LogP contribution in [0.5, 0.6) is 11.5 Å². The largest absolute Gasteiger partial charge is 0.490 e. The fourth-order valence-corrected chi connectivity index (χ4v) is 3.89. The van der Waals surface area contributed by atoms with E-state index in [1.807, 2.05) is 18.2 Å². The van der Waals surface area contributed by atoms with Gasteiger partial charge in [0, 0.05) is 25.7 Å². The third-order valence-corrected chi connectivity index (χ3v) is 5.30. The summed E-state index contributed by atoms with van der Waals surface area (Å²) in [7, 11) is 1.78. The lowest BCUT2D eigenvalue weighted by Crippen LogP contribution is -2.40. The first-order chi connectivity index (χ1) is 13.6. The quantitative estimate of drug-likeness (QED) is 0.877. The molecule has 0 spiro atoms. The fourth-order valence-electron chi connectivity index (χ4n) is 3.89. The van der Waals surface area contributed by atoms with Crippen LogP contribution in [-0.4, -0.2) is 47.6 Å². The van der Waals surface area contributed by atoms with Crippen molar-refractivity contribution in [3.05, 3.63) is 47.8 Å². The minimum atomic E-state index is -0.371. The molecule has 2 aromatic rings. The van der Waals surface area contributed by atoms with Gasteiger partial charge in [-0.15, -0.1) is 0 Å². The van der Waals surface area contributed by atoms with Crippen molar-refractivity contribution in [3.8, 4) is 11.5 Å². The molecule has 28 heavy (non-hydrogen) atoms. The molecule has 1 aromatic carbocycles. The second-order valence-corrected chi connectivity index (χ2v) is 7.27. The summed E-state index contributed by atoms with van der Waals surface area (Å²) in [6, 6.07) is 9.62. The number of hydrogen-bond acceptors (Lipinski definition) is 5. The van der Waals surface area contributed by atoms with Gasteiger partial charge in [-0.1, -0.05) is 6.07 Å². The van der Waals surface area contributed by atoms with E-state index in [2.05, 4.69) is 10.2 Å². The lowest BCUT2D eigenvalue weighted by atomic mass is 10.0. The summed E-state index contributed by atoms with van der Waals surface area (Å²) in [4.78, 5) is 26.8. The van der Waals surface area contributed by atoms with E-state index in [-0.39, 0.29) is 24.4 Å². The number of imide groups is 1. The average Bonchev–Trinajstić information content (AvgIpc) is 3.24. The van der Waals surface area contributed by atoms with Crippen LogP contribution < -0.4 is 14.8 Å². The van der Waals surface area contributed by atoms with E-state index in [4.69, 9.17) is 9.47 Å². The molecule has 4 rings (SSSR count). The van der Waals surface area contributed by atoms with Gasteiger partial charge in [0.05, 0.1) is 19.8 Å². The normalized spacial score (nSPS) is 19.2. The van der Waals surface area contributed by atoms with E-state index in [0.717, 1.165) is 42.9 Å². The van der Waals surface area contributed by atoms with Crippen molar-refractivity contribution < 1.29 is 19.1 Å². The molecule has 0 saturated carbocycles. The third-order valence-electron chi connectivity index (χ3n) is 5.30. The fraction of sp³-hybridized carbons (Fsp3) is 0.429. The van der Waals surface area contributed by atoms with Gasteiger partial charge in [-0.05, 0) is 49.2 Å². The van der Waals surface area contributed by atoms with Crippen LogP contribution in [0.4, 0.5) is 0 Å². The number of benzene rings is 1. The topological polar surface area (TPSA) is 72.8 Å². The van der Waals surface area contributed by atoms with Gasteiger partial charge in [-0.3, -0.25) is 19.8 Å². The Morgan fingerprint density at radius 2 is 1.96 bits per heavy atom. The second-order valence-electron chi connectivity index (χ2n) is 7.27. The molecule has 0 unspecified atom stereocenters. The Balaban J connectivity index is 1.42. The number of rotatable bonds is 4. The van der Waals surface area contributed by atoms with Gasteiger partial charge < -0.3 is 14.0 Å². The zero-order valence-corrected chi connectivity index (χ0v) is 16.0. The monoisotopic (exact) mass is 383 g/mol. The summed E-state index contributed by atoms with van der Waals surface area (Å²) in [6.07, 6.45) is 4.63. The molecule has 0 bridgehead atoms. The minimum Gasteiger partial charge on any atom is -0.490 e. The highest BCUT2D eigenvalue weighted by Gasteiger charge is 2.29. The summed E-state index contributed by atoms with van der Waals surface area (Å²) >= 11 is 0. The summed E-state index contributed by atoms with van der Waals surface area (Å²) in [5.41, 5.74) is 1.58. The molecule has 2 aliphatic heterocycles. The molecule has 2 amide bonds. The molecule has 2 aliphatic rings. The van der Waals surface area contributed by atoms with E-state index in [1.165, 1.54) is 0 Å². The molecule has 1 atom stereocenters. The molecule has 7 nitrogen and oxygen atoms in total. The van der Waals surface area contributed by atoms with Gasteiger partial charge in [0.2, 0.25) is 5.91 Å². The number of hydrogen-bond donors (Lipinski definition) is 1. The Morgan fingerprint density at radius 3 is 2.75 bits per heavy atom. The van der Waals surface area contributed by atoms with Crippen LogP contribution in [0.15, 0.2) is 36.5 Å². The predicted octanol–water partition coefficient (Wildman–Crippen LogP) is 2.28. The lowest BCUT2D eigenvalue weighted by molar-refractivity contribution is -0.121. The SMILES string of the molecule is Cn1cccc1C(=O)NC(=O)CN1CCC[C@H]1c1ccc2c(c1)OCCCO2. The molecule has 1 aromatic heterocycles. The zero-order valence-electron chi connectivity index (χ0n) is 16.0. The number of carbonyl (C=O) groups excluding carboxylic acids is 2. The molecule has 3 heterocycles. The third kappa shape index (κ3) is 3.89. The van der Waals surface area contributed by atoms with Crippen LogP contribution in [0, 0.1) is 0 Å². The van der Waals surface area contributed by atoms with E-state index in [9.17, 15) is 9.59 Å². The Bertz CT molecular complexity index is 876. The van der Waals surface area contributed by atoms with Crippen LogP contribution in [0.1, 0.15) is 41.4 Å². The van der Waals surface area contributed by atoms with Gasteiger partial charge in [-0.25, -0.2) is 0 Å². The van der Waals surface area contributed by atoms with Crippen LogP contribution in [0.3, 0.4) is 0 Å². The number of aryl methyl sites for hydroxylation is 1. The van der Waals surface area contributed by atoms with Crippen molar-refractivity contribution in [3.63, 3.8) is 0 Å². The minimum absolute atomic E-state index is 0.132. The van der Waals surface area contributed by atoms with E-state index >= 15 is 0 Å². The van der Waals surface area contributed by atoms with Gasteiger partial charge in [0.25, 0.3) is 5.91 Å². The molecular weight excluding hydrogens is 358 g/mol. The maximum absolute atomic E-state index is 12.4. The number of fused-ring (bicyclic) bond motifs is 1. The first-order valence-electron chi connectivity index (χ1n) is 9.71. The number of nitrogens with zero attached hydrogens (tertiary/aromatic N) is 2. The number of aromatic nitrogens is 1. The lowest BCUT2D eigenvalue weighted by Gasteiger charge is -2.24. The smallest absolute Gasteiger partial charge is 0.274 e. The molecular formula is C21H25N3O4. The van der Waals surface area contributed by atoms with Crippen molar-refractivity contribution in [2.45, 2.75) is 25.3 Å². The molecule has 0 aliphatic carbocycles. The van der Waals surface area contributed by atoms with E-state index in [1.54, 1.807) is 29.9 Å². The number of ether oxygens (including phenoxy) is 2. The van der Waals surface area contributed by atoms with Crippen molar-refractivity contribution in [2.24, 2.45) is 7.05 Å². The van der Waals surface area contributed by atoms with Gasteiger partial charge in [0.15, 0.2) is 11.5 Å². The van der Waals surface area contributed by atoms with Crippen molar-refractivity contribution >= 4 is 11.8 Å². The Labute approximate surface area is 164 Å². The highest BCUT2D eigenvalue weighted by Crippen LogP contribution is 2.37.